The Morgan fingerprint density at radius 1 is 1.24 bits per heavy atom. The Hall–Kier alpha value is -1.84. The van der Waals surface area contributed by atoms with E-state index in [0.29, 0.717) is 11.6 Å². The third-order valence-corrected chi connectivity index (χ3v) is 4.56. The molecule has 0 spiro atoms. The predicted molar refractivity (Wildman–Crippen MR) is 84.4 cm³/mol. The van der Waals surface area contributed by atoms with E-state index in [4.69, 9.17) is 0 Å². The van der Waals surface area contributed by atoms with Gasteiger partial charge in [0.1, 0.15) is 5.82 Å². The second-order valence-corrected chi connectivity index (χ2v) is 6.08. The monoisotopic (exact) mass is 285 g/mol. The van der Waals surface area contributed by atoms with E-state index < -0.39 is 0 Å². The summed E-state index contributed by atoms with van der Waals surface area (Å²) in [4.78, 5) is 16.9. The molecule has 0 bridgehead atoms. The van der Waals surface area contributed by atoms with Gasteiger partial charge in [-0.3, -0.25) is 4.79 Å². The largest absolute Gasteiger partial charge is 0.349 e. The predicted octanol–water partition coefficient (Wildman–Crippen LogP) is 3.33. The van der Waals surface area contributed by atoms with Gasteiger partial charge in [0, 0.05) is 18.7 Å². The number of carbonyl (C=O) groups is 1. The summed E-state index contributed by atoms with van der Waals surface area (Å²) in [6.45, 7) is 1.98. The average molecular weight is 285 g/mol. The van der Waals surface area contributed by atoms with Crippen LogP contribution in [0.15, 0.2) is 18.2 Å². The Morgan fingerprint density at radius 2 is 1.95 bits per heavy atom. The molecule has 1 aromatic heterocycles. The van der Waals surface area contributed by atoms with E-state index in [1.54, 1.807) is 0 Å². The van der Waals surface area contributed by atoms with E-state index in [-0.39, 0.29) is 5.91 Å². The van der Waals surface area contributed by atoms with E-state index in [9.17, 15) is 4.79 Å². The van der Waals surface area contributed by atoms with Crippen LogP contribution in [0.2, 0.25) is 0 Å². The first kappa shape index (κ1) is 14.1. The van der Waals surface area contributed by atoms with Crippen molar-refractivity contribution >= 4 is 16.9 Å². The van der Waals surface area contributed by atoms with E-state index in [1.807, 2.05) is 36.7 Å². The zero-order valence-electron chi connectivity index (χ0n) is 12.9. The van der Waals surface area contributed by atoms with Gasteiger partial charge in [-0.05, 0) is 38.0 Å². The van der Waals surface area contributed by atoms with Crippen molar-refractivity contribution in [3.63, 3.8) is 0 Å². The highest BCUT2D eigenvalue weighted by Crippen LogP contribution is 2.19. The van der Waals surface area contributed by atoms with E-state index in [2.05, 4.69) is 10.3 Å². The van der Waals surface area contributed by atoms with Crippen LogP contribution < -0.4 is 5.32 Å². The van der Waals surface area contributed by atoms with Gasteiger partial charge in [-0.25, -0.2) is 4.98 Å². The second kappa shape index (κ2) is 5.88. The van der Waals surface area contributed by atoms with Crippen LogP contribution in [0, 0.1) is 6.92 Å². The molecule has 112 valence electrons. The highest BCUT2D eigenvalue weighted by Gasteiger charge is 2.16. The number of carbonyl (C=O) groups excluding carboxylic acids is 1. The van der Waals surface area contributed by atoms with Crippen LogP contribution in [0.5, 0.6) is 0 Å². The van der Waals surface area contributed by atoms with Crippen molar-refractivity contribution in [1.29, 1.82) is 0 Å². The third-order valence-electron chi connectivity index (χ3n) is 4.56. The van der Waals surface area contributed by atoms with Crippen LogP contribution >= 0.6 is 0 Å². The number of amides is 1. The zero-order chi connectivity index (χ0) is 14.8. The molecule has 21 heavy (non-hydrogen) atoms. The summed E-state index contributed by atoms with van der Waals surface area (Å²) in [5.74, 6) is 0.999. The Morgan fingerprint density at radius 3 is 2.67 bits per heavy atom. The minimum absolute atomic E-state index is 0.0344. The van der Waals surface area contributed by atoms with Gasteiger partial charge in [0.05, 0.1) is 11.0 Å². The van der Waals surface area contributed by atoms with Crippen molar-refractivity contribution in [2.24, 2.45) is 7.05 Å². The van der Waals surface area contributed by atoms with Crippen LogP contribution in [0.25, 0.3) is 11.0 Å². The summed E-state index contributed by atoms with van der Waals surface area (Å²) < 4.78 is 2.04. The molecule has 3 rings (SSSR count). The normalized spacial score (nSPS) is 16.9. The first-order valence-electron chi connectivity index (χ1n) is 7.89. The molecule has 0 saturated heterocycles. The number of nitrogens with one attached hydrogen (secondary N) is 1. The van der Waals surface area contributed by atoms with Gasteiger partial charge in [-0.2, -0.15) is 0 Å². The highest BCUT2D eigenvalue weighted by molar-refractivity contribution is 5.97. The molecule has 1 aliphatic carbocycles. The Bertz CT molecular complexity index is 651. The lowest BCUT2D eigenvalue weighted by Crippen LogP contribution is -2.34. The molecule has 4 heteroatoms. The molecule has 1 aromatic carbocycles. The lowest BCUT2D eigenvalue weighted by atomic mass is 10.1. The van der Waals surface area contributed by atoms with E-state index >= 15 is 0 Å². The van der Waals surface area contributed by atoms with Crippen LogP contribution in [0.1, 0.15) is 54.7 Å². The van der Waals surface area contributed by atoms with Gasteiger partial charge in [-0.15, -0.1) is 0 Å². The lowest BCUT2D eigenvalue weighted by molar-refractivity contribution is 0.0933. The molecule has 1 aliphatic rings. The quantitative estimate of drug-likeness (QED) is 0.860. The maximum Gasteiger partial charge on any atom is 0.251 e. The summed E-state index contributed by atoms with van der Waals surface area (Å²) in [5, 5.41) is 3.19. The molecule has 1 fully saturated rings. The number of hydrogen-bond acceptors (Lipinski definition) is 2. The standard InChI is InChI=1S/C17H23N3O/c1-12-18-15-11-13(9-10-16(15)20(12)2)17(21)19-14-7-5-3-4-6-8-14/h9-11,14H,3-8H2,1-2H3,(H,19,21). The molecule has 4 nitrogen and oxygen atoms in total. The molecule has 1 saturated carbocycles. The van der Waals surface area contributed by atoms with Crippen LogP contribution in [-0.2, 0) is 7.05 Å². The van der Waals surface area contributed by atoms with Gasteiger partial charge in [0.25, 0.3) is 5.91 Å². The number of imidazole rings is 1. The molecule has 1 N–H and O–H groups in total. The van der Waals surface area contributed by atoms with Crippen molar-refractivity contribution in [2.75, 3.05) is 0 Å². The molecule has 0 radical (unpaired) electrons. The van der Waals surface area contributed by atoms with Gasteiger partial charge in [-0.1, -0.05) is 25.7 Å². The molecule has 1 amide bonds. The summed E-state index contributed by atoms with van der Waals surface area (Å²) >= 11 is 0. The first-order valence-corrected chi connectivity index (χ1v) is 7.89. The molecule has 2 aromatic rings. The smallest absolute Gasteiger partial charge is 0.251 e. The van der Waals surface area contributed by atoms with Gasteiger partial charge < -0.3 is 9.88 Å². The molecule has 0 atom stereocenters. The maximum absolute atomic E-state index is 12.4. The first-order chi connectivity index (χ1) is 10.1. The lowest BCUT2D eigenvalue weighted by Gasteiger charge is -2.16. The summed E-state index contributed by atoms with van der Waals surface area (Å²) in [6, 6.07) is 6.11. The number of aromatic nitrogens is 2. The second-order valence-electron chi connectivity index (χ2n) is 6.08. The number of benzene rings is 1. The fourth-order valence-electron chi connectivity index (χ4n) is 3.15. The maximum atomic E-state index is 12.4. The van der Waals surface area contributed by atoms with Gasteiger partial charge in [0.15, 0.2) is 0 Å². The highest BCUT2D eigenvalue weighted by atomic mass is 16.1. The van der Waals surface area contributed by atoms with Gasteiger partial charge >= 0.3 is 0 Å². The van der Waals surface area contributed by atoms with E-state index in [1.165, 1.54) is 25.7 Å². The fraction of sp³-hybridized carbons (Fsp3) is 0.529. The SMILES string of the molecule is Cc1nc2cc(C(=O)NC3CCCCCC3)ccc2n1C. The van der Waals surface area contributed by atoms with Crippen LogP contribution in [0.3, 0.4) is 0 Å². The Labute approximate surface area is 125 Å². The summed E-state index contributed by atoms with van der Waals surface area (Å²) in [5.41, 5.74) is 2.67. The molecule has 1 heterocycles. The number of hydrogen-bond donors (Lipinski definition) is 1. The molecular weight excluding hydrogens is 262 g/mol. The van der Waals surface area contributed by atoms with Crippen molar-refractivity contribution in [3.8, 4) is 0 Å². The minimum atomic E-state index is 0.0344. The Kier molecular flexibility index (Phi) is 3.95. The topological polar surface area (TPSA) is 46.9 Å². The summed E-state index contributed by atoms with van der Waals surface area (Å²) in [7, 11) is 2.00. The Balaban J connectivity index is 1.77. The number of rotatable bonds is 2. The number of aryl methyl sites for hydroxylation is 2. The number of nitrogens with zero attached hydrogens (tertiary/aromatic N) is 2. The third kappa shape index (κ3) is 2.94. The molecule has 0 unspecified atom stereocenters. The van der Waals surface area contributed by atoms with Crippen molar-refractivity contribution in [3.05, 3.63) is 29.6 Å². The van der Waals surface area contributed by atoms with Gasteiger partial charge in [0.2, 0.25) is 0 Å². The molecule has 0 aliphatic heterocycles. The van der Waals surface area contributed by atoms with Crippen molar-refractivity contribution in [2.45, 2.75) is 51.5 Å². The fourth-order valence-corrected chi connectivity index (χ4v) is 3.15. The average Bonchev–Trinajstić information content (AvgIpc) is 2.67. The van der Waals surface area contributed by atoms with Crippen molar-refractivity contribution < 1.29 is 4.79 Å². The molecular formula is C17H23N3O. The number of fused-ring (bicyclic) bond motifs is 1. The van der Waals surface area contributed by atoms with Crippen LogP contribution in [-0.4, -0.2) is 21.5 Å². The van der Waals surface area contributed by atoms with Crippen LogP contribution in [0.4, 0.5) is 0 Å². The van der Waals surface area contributed by atoms with E-state index in [0.717, 1.165) is 29.7 Å². The minimum Gasteiger partial charge on any atom is -0.349 e. The van der Waals surface area contributed by atoms with Crippen molar-refractivity contribution in [1.82, 2.24) is 14.9 Å². The zero-order valence-corrected chi connectivity index (χ0v) is 12.9. The summed E-state index contributed by atoms with van der Waals surface area (Å²) in [6.07, 6.45) is 7.26.